The van der Waals surface area contributed by atoms with E-state index in [1.807, 2.05) is 6.07 Å². The number of fused-ring (bicyclic) bond motifs is 1. The van der Waals surface area contributed by atoms with Crippen molar-refractivity contribution in [1.82, 2.24) is 0 Å². The third kappa shape index (κ3) is 3.72. The van der Waals surface area contributed by atoms with Crippen LogP contribution in [0.5, 0.6) is 0 Å². The molecule has 0 aliphatic rings. The van der Waals surface area contributed by atoms with E-state index in [9.17, 15) is 14.4 Å². The number of rotatable bonds is 5. The van der Waals surface area contributed by atoms with E-state index in [0.29, 0.717) is 5.58 Å². The number of para-hydroxylation sites is 2. The predicted molar refractivity (Wildman–Crippen MR) is 92.9 cm³/mol. The molecule has 7 nitrogen and oxygen atoms in total. The fourth-order valence-electron chi connectivity index (χ4n) is 2.35. The van der Waals surface area contributed by atoms with E-state index in [1.165, 1.54) is 13.2 Å². The van der Waals surface area contributed by atoms with E-state index in [1.54, 1.807) is 42.5 Å². The lowest BCUT2D eigenvalue weighted by Crippen LogP contribution is -2.22. The van der Waals surface area contributed by atoms with Gasteiger partial charge in [0.1, 0.15) is 5.58 Å². The van der Waals surface area contributed by atoms with Crippen LogP contribution in [0.4, 0.5) is 5.69 Å². The number of amides is 1. The van der Waals surface area contributed by atoms with Crippen molar-refractivity contribution < 1.29 is 28.3 Å². The molecule has 1 N–H and O–H groups in total. The number of hydrogen-bond donors (Lipinski definition) is 1. The Morgan fingerprint density at radius 3 is 2.50 bits per heavy atom. The predicted octanol–water partition coefficient (Wildman–Crippen LogP) is 3.01. The molecule has 0 unspecified atom stereocenters. The second kappa shape index (κ2) is 7.52. The van der Waals surface area contributed by atoms with Crippen molar-refractivity contribution >= 4 is 34.5 Å². The number of esters is 2. The minimum atomic E-state index is -0.752. The number of carbonyl (C=O) groups is 3. The molecule has 132 valence electrons. The summed E-state index contributed by atoms with van der Waals surface area (Å²) in [6.07, 6.45) is 0. The number of hydrogen-bond acceptors (Lipinski definition) is 6. The average Bonchev–Trinajstić information content (AvgIpc) is 3.10. The number of benzene rings is 2. The standard InChI is InChI=1S/C19H15NO6/c1-24-18(22)13-7-3-4-8-14(13)20-17(21)11-25-19(23)16-10-12-6-2-5-9-15(12)26-16/h2-10H,11H2,1H3,(H,20,21). The van der Waals surface area contributed by atoms with Crippen LogP contribution in [0, 0.1) is 0 Å². The summed E-state index contributed by atoms with van der Waals surface area (Å²) in [7, 11) is 1.25. The van der Waals surface area contributed by atoms with E-state index in [0.717, 1.165) is 5.39 Å². The maximum atomic E-state index is 12.0. The Bertz CT molecular complexity index is 942. The van der Waals surface area contributed by atoms with Crippen LogP contribution >= 0.6 is 0 Å². The number of furan rings is 1. The van der Waals surface area contributed by atoms with Gasteiger partial charge in [0.05, 0.1) is 18.4 Å². The molecule has 2 aromatic carbocycles. The highest BCUT2D eigenvalue weighted by Crippen LogP contribution is 2.19. The van der Waals surface area contributed by atoms with Gasteiger partial charge in [-0.2, -0.15) is 0 Å². The van der Waals surface area contributed by atoms with E-state index >= 15 is 0 Å². The van der Waals surface area contributed by atoms with Gasteiger partial charge in [-0.15, -0.1) is 0 Å². The largest absolute Gasteiger partial charge is 0.465 e. The van der Waals surface area contributed by atoms with E-state index in [4.69, 9.17) is 9.15 Å². The summed E-state index contributed by atoms with van der Waals surface area (Å²) in [5.41, 5.74) is 1.02. The summed E-state index contributed by atoms with van der Waals surface area (Å²) in [6, 6.07) is 15.0. The molecule has 0 bridgehead atoms. The molecule has 0 aliphatic carbocycles. The normalized spacial score (nSPS) is 10.3. The van der Waals surface area contributed by atoms with Gasteiger partial charge in [-0.3, -0.25) is 4.79 Å². The van der Waals surface area contributed by atoms with Crippen LogP contribution in [-0.4, -0.2) is 31.6 Å². The molecule has 0 radical (unpaired) electrons. The van der Waals surface area contributed by atoms with Crippen LogP contribution in [0.3, 0.4) is 0 Å². The monoisotopic (exact) mass is 353 g/mol. The molecule has 0 saturated heterocycles. The maximum Gasteiger partial charge on any atom is 0.374 e. The Kier molecular flexibility index (Phi) is 4.98. The molecular formula is C19H15NO6. The summed E-state index contributed by atoms with van der Waals surface area (Å²) in [6.45, 7) is -0.522. The van der Waals surface area contributed by atoms with Crippen molar-refractivity contribution in [3.05, 3.63) is 65.9 Å². The van der Waals surface area contributed by atoms with Gasteiger partial charge < -0.3 is 19.2 Å². The molecular weight excluding hydrogens is 338 g/mol. The fraction of sp³-hybridized carbons (Fsp3) is 0.105. The van der Waals surface area contributed by atoms with Crippen molar-refractivity contribution in [2.45, 2.75) is 0 Å². The third-order valence-electron chi connectivity index (χ3n) is 3.57. The van der Waals surface area contributed by atoms with Gasteiger partial charge in [0.2, 0.25) is 5.76 Å². The molecule has 0 fully saturated rings. The summed E-state index contributed by atoms with van der Waals surface area (Å²) in [4.78, 5) is 35.7. The molecule has 0 spiro atoms. The van der Waals surface area contributed by atoms with Crippen LogP contribution in [0.15, 0.2) is 59.0 Å². The summed E-state index contributed by atoms with van der Waals surface area (Å²) in [5, 5.41) is 3.27. The molecule has 0 atom stereocenters. The average molecular weight is 353 g/mol. The van der Waals surface area contributed by atoms with E-state index in [2.05, 4.69) is 10.1 Å². The van der Waals surface area contributed by atoms with Crippen molar-refractivity contribution in [1.29, 1.82) is 0 Å². The van der Waals surface area contributed by atoms with E-state index < -0.39 is 24.5 Å². The lowest BCUT2D eigenvalue weighted by molar-refractivity contribution is -0.119. The molecule has 0 aliphatic heterocycles. The van der Waals surface area contributed by atoms with Crippen LogP contribution in [0.1, 0.15) is 20.9 Å². The number of methoxy groups -OCH3 is 1. The molecule has 7 heteroatoms. The Hall–Kier alpha value is -3.61. The quantitative estimate of drug-likeness (QED) is 0.709. The zero-order chi connectivity index (χ0) is 18.5. The Labute approximate surface area is 148 Å². The van der Waals surface area contributed by atoms with Crippen LogP contribution in [-0.2, 0) is 14.3 Å². The molecule has 1 heterocycles. The van der Waals surface area contributed by atoms with Gasteiger partial charge in [-0.25, -0.2) is 9.59 Å². The number of carbonyl (C=O) groups excluding carboxylic acids is 3. The Morgan fingerprint density at radius 2 is 1.73 bits per heavy atom. The highest BCUT2D eigenvalue weighted by atomic mass is 16.5. The van der Waals surface area contributed by atoms with Gasteiger partial charge in [0.25, 0.3) is 5.91 Å². The number of ether oxygens (including phenoxy) is 2. The van der Waals surface area contributed by atoms with Crippen molar-refractivity contribution in [3.8, 4) is 0 Å². The smallest absolute Gasteiger partial charge is 0.374 e. The Morgan fingerprint density at radius 1 is 1.00 bits per heavy atom. The summed E-state index contributed by atoms with van der Waals surface area (Å²) < 4.78 is 15.0. The summed E-state index contributed by atoms with van der Waals surface area (Å²) >= 11 is 0. The van der Waals surface area contributed by atoms with E-state index in [-0.39, 0.29) is 17.0 Å². The van der Waals surface area contributed by atoms with Crippen LogP contribution < -0.4 is 5.32 Å². The molecule has 3 aromatic rings. The summed E-state index contributed by atoms with van der Waals surface area (Å²) in [5.74, 6) is -1.92. The molecule has 1 amide bonds. The van der Waals surface area contributed by atoms with Gasteiger partial charge in [-0.1, -0.05) is 30.3 Å². The zero-order valence-corrected chi connectivity index (χ0v) is 13.9. The SMILES string of the molecule is COC(=O)c1ccccc1NC(=O)COC(=O)c1cc2ccccc2o1. The Balaban J connectivity index is 1.62. The number of nitrogens with one attached hydrogen (secondary N) is 1. The second-order valence-electron chi connectivity index (χ2n) is 5.31. The molecule has 26 heavy (non-hydrogen) atoms. The lowest BCUT2D eigenvalue weighted by Gasteiger charge is -2.09. The minimum absolute atomic E-state index is 0.00830. The molecule has 1 aromatic heterocycles. The molecule has 3 rings (SSSR count). The van der Waals surface area contributed by atoms with Crippen molar-refractivity contribution in [2.75, 3.05) is 19.0 Å². The molecule has 0 saturated carbocycles. The topological polar surface area (TPSA) is 94.8 Å². The van der Waals surface area contributed by atoms with Gasteiger partial charge in [-0.05, 0) is 24.3 Å². The highest BCUT2D eigenvalue weighted by Gasteiger charge is 2.17. The van der Waals surface area contributed by atoms with Crippen molar-refractivity contribution in [3.63, 3.8) is 0 Å². The van der Waals surface area contributed by atoms with Crippen LogP contribution in [0.25, 0.3) is 11.0 Å². The van der Waals surface area contributed by atoms with Gasteiger partial charge in [0.15, 0.2) is 6.61 Å². The minimum Gasteiger partial charge on any atom is -0.465 e. The maximum absolute atomic E-state index is 12.0. The zero-order valence-electron chi connectivity index (χ0n) is 13.9. The number of anilines is 1. The fourth-order valence-corrected chi connectivity index (χ4v) is 2.35. The van der Waals surface area contributed by atoms with Crippen molar-refractivity contribution in [2.24, 2.45) is 0 Å². The highest BCUT2D eigenvalue weighted by molar-refractivity contribution is 6.02. The lowest BCUT2D eigenvalue weighted by atomic mass is 10.2. The second-order valence-corrected chi connectivity index (χ2v) is 5.31. The van der Waals surface area contributed by atoms with Gasteiger partial charge in [0, 0.05) is 5.39 Å². The first-order valence-corrected chi connectivity index (χ1v) is 7.71. The van der Waals surface area contributed by atoms with Gasteiger partial charge >= 0.3 is 11.9 Å². The third-order valence-corrected chi connectivity index (χ3v) is 3.57. The van der Waals surface area contributed by atoms with Crippen LogP contribution in [0.2, 0.25) is 0 Å². The first-order valence-electron chi connectivity index (χ1n) is 7.71. The first-order chi connectivity index (χ1) is 12.6. The first kappa shape index (κ1) is 17.2.